The Bertz CT molecular complexity index is 630. The van der Waals surface area contributed by atoms with Gasteiger partial charge in [-0.25, -0.2) is 4.98 Å². The van der Waals surface area contributed by atoms with Crippen molar-refractivity contribution < 1.29 is 9.26 Å². The van der Waals surface area contributed by atoms with Gasteiger partial charge in [0.1, 0.15) is 5.69 Å². The smallest absolute Gasteiger partial charge is 0.276 e. The highest BCUT2D eigenvalue weighted by molar-refractivity contribution is 5.46. The highest BCUT2D eigenvalue weighted by atomic mass is 16.5. The molecule has 0 spiro atoms. The highest BCUT2D eigenvalue weighted by Crippen LogP contribution is 2.40. The zero-order valence-corrected chi connectivity index (χ0v) is 13.0. The molecule has 0 aliphatic carbocycles. The maximum absolute atomic E-state index is 5.88. The van der Waals surface area contributed by atoms with E-state index in [0.717, 1.165) is 30.2 Å². The SMILES string of the molecule is Cc1cccc(-c2nc([C@@H]3CCO[C@H]3C(C)(C)C)no2)n1. The predicted octanol–water partition coefficient (Wildman–Crippen LogP) is 3.36. The first-order valence-electron chi connectivity index (χ1n) is 7.34. The van der Waals surface area contributed by atoms with Crippen LogP contribution >= 0.6 is 0 Å². The van der Waals surface area contributed by atoms with Crippen LogP contribution in [-0.4, -0.2) is 27.8 Å². The lowest BCUT2D eigenvalue weighted by atomic mass is 9.81. The molecule has 1 aliphatic heterocycles. The number of rotatable bonds is 2. The van der Waals surface area contributed by atoms with E-state index < -0.39 is 0 Å². The minimum atomic E-state index is 0.0591. The molecular formula is C16H21N3O2. The third-order valence-corrected chi connectivity index (χ3v) is 3.83. The second kappa shape index (κ2) is 5.22. The predicted molar refractivity (Wildman–Crippen MR) is 78.8 cm³/mol. The summed E-state index contributed by atoms with van der Waals surface area (Å²) in [5.74, 6) is 1.39. The van der Waals surface area contributed by atoms with Gasteiger partial charge in [-0.3, -0.25) is 0 Å². The molecular weight excluding hydrogens is 266 g/mol. The second-order valence-corrected chi connectivity index (χ2v) is 6.67. The molecule has 5 nitrogen and oxygen atoms in total. The van der Waals surface area contributed by atoms with Crippen LogP contribution in [0.5, 0.6) is 0 Å². The first kappa shape index (κ1) is 14.2. The van der Waals surface area contributed by atoms with E-state index in [1.807, 2.05) is 25.1 Å². The molecule has 0 amide bonds. The Labute approximate surface area is 124 Å². The third kappa shape index (κ3) is 2.83. The zero-order valence-electron chi connectivity index (χ0n) is 13.0. The summed E-state index contributed by atoms with van der Waals surface area (Å²) in [6.45, 7) is 9.23. The molecule has 0 saturated carbocycles. The van der Waals surface area contributed by atoms with Gasteiger partial charge in [-0.15, -0.1) is 0 Å². The van der Waals surface area contributed by atoms with Gasteiger partial charge in [0, 0.05) is 12.3 Å². The van der Waals surface area contributed by atoms with Crippen LogP contribution in [0.2, 0.25) is 0 Å². The molecule has 2 aromatic rings. The van der Waals surface area contributed by atoms with Crippen molar-refractivity contribution in [1.29, 1.82) is 0 Å². The summed E-state index contributed by atoms with van der Waals surface area (Å²) in [6.07, 6.45) is 1.05. The van der Waals surface area contributed by atoms with Crippen LogP contribution in [0, 0.1) is 12.3 Å². The standard InChI is InChI=1S/C16H21N3O2/c1-10-6-5-7-12(17-10)15-18-14(19-21-15)11-8-9-20-13(11)16(2,3)4/h5-7,11,13H,8-9H2,1-4H3/t11-,13-/m1/s1. The molecule has 0 unspecified atom stereocenters. The van der Waals surface area contributed by atoms with E-state index in [1.54, 1.807) is 0 Å². The van der Waals surface area contributed by atoms with Gasteiger partial charge in [-0.2, -0.15) is 4.98 Å². The van der Waals surface area contributed by atoms with E-state index in [0.29, 0.717) is 5.89 Å². The second-order valence-electron chi connectivity index (χ2n) is 6.67. The van der Waals surface area contributed by atoms with Crippen LogP contribution in [0.25, 0.3) is 11.6 Å². The monoisotopic (exact) mass is 287 g/mol. The summed E-state index contributed by atoms with van der Waals surface area (Å²) in [7, 11) is 0. The van der Waals surface area contributed by atoms with Crippen LogP contribution in [0.1, 0.15) is 44.6 Å². The van der Waals surface area contributed by atoms with Crippen LogP contribution in [0.4, 0.5) is 0 Å². The normalized spacial score (nSPS) is 22.7. The number of nitrogens with zero attached hydrogens (tertiary/aromatic N) is 3. The van der Waals surface area contributed by atoms with Crippen molar-refractivity contribution in [1.82, 2.24) is 15.1 Å². The number of aromatic nitrogens is 3. The fourth-order valence-electron chi connectivity index (χ4n) is 2.86. The molecule has 3 rings (SSSR count). The lowest BCUT2D eigenvalue weighted by molar-refractivity contribution is 0.0193. The van der Waals surface area contributed by atoms with Crippen LogP contribution in [0.15, 0.2) is 22.7 Å². The third-order valence-electron chi connectivity index (χ3n) is 3.83. The number of ether oxygens (including phenoxy) is 1. The zero-order chi connectivity index (χ0) is 15.0. The minimum absolute atomic E-state index is 0.0591. The van der Waals surface area contributed by atoms with Gasteiger partial charge in [0.15, 0.2) is 5.82 Å². The number of hydrogen-bond donors (Lipinski definition) is 0. The Morgan fingerprint density at radius 2 is 2.00 bits per heavy atom. The Morgan fingerprint density at radius 1 is 1.19 bits per heavy atom. The van der Waals surface area contributed by atoms with Gasteiger partial charge >= 0.3 is 0 Å². The molecule has 0 bridgehead atoms. The Balaban J connectivity index is 1.88. The molecule has 3 heterocycles. The molecule has 0 radical (unpaired) electrons. The molecule has 5 heteroatoms. The Kier molecular flexibility index (Phi) is 3.53. The molecule has 2 aromatic heterocycles. The summed E-state index contributed by atoms with van der Waals surface area (Å²) in [4.78, 5) is 8.97. The van der Waals surface area contributed by atoms with Crippen molar-refractivity contribution in [3.63, 3.8) is 0 Å². The molecule has 1 fully saturated rings. The first-order valence-corrected chi connectivity index (χ1v) is 7.34. The van der Waals surface area contributed by atoms with Crippen molar-refractivity contribution in [3.05, 3.63) is 29.7 Å². The summed E-state index contributed by atoms with van der Waals surface area (Å²) in [6, 6.07) is 5.77. The topological polar surface area (TPSA) is 61.0 Å². The van der Waals surface area contributed by atoms with E-state index in [-0.39, 0.29) is 17.4 Å². The minimum Gasteiger partial charge on any atom is -0.377 e. The molecule has 0 aromatic carbocycles. The molecule has 1 saturated heterocycles. The fourth-order valence-corrected chi connectivity index (χ4v) is 2.86. The van der Waals surface area contributed by atoms with Crippen LogP contribution in [-0.2, 0) is 4.74 Å². The molecule has 21 heavy (non-hydrogen) atoms. The van der Waals surface area contributed by atoms with E-state index in [4.69, 9.17) is 9.26 Å². The molecule has 1 aliphatic rings. The van der Waals surface area contributed by atoms with Gasteiger partial charge in [-0.05, 0) is 30.9 Å². The summed E-state index contributed by atoms with van der Waals surface area (Å²) >= 11 is 0. The van der Waals surface area contributed by atoms with Crippen molar-refractivity contribution in [2.24, 2.45) is 5.41 Å². The average Bonchev–Trinajstić information content (AvgIpc) is 3.07. The molecule has 112 valence electrons. The van der Waals surface area contributed by atoms with Gasteiger partial charge in [-0.1, -0.05) is 32.0 Å². The van der Waals surface area contributed by atoms with Crippen molar-refractivity contribution in [2.45, 2.75) is 46.1 Å². The highest BCUT2D eigenvalue weighted by Gasteiger charge is 2.40. The quantitative estimate of drug-likeness (QED) is 0.847. The number of aryl methyl sites for hydroxylation is 1. The van der Waals surface area contributed by atoms with Gasteiger partial charge in [0.05, 0.1) is 12.0 Å². The lowest BCUT2D eigenvalue weighted by Gasteiger charge is -2.29. The van der Waals surface area contributed by atoms with Crippen LogP contribution < -0.4 is 0 Å². The molecule has 0 N–H and O–H groups in total. The maximum atomic E-state index is 5.88. The van der Waals surface area contributed by atoms with E-state index >= 15 is 0 Å². The number of hydrogen-bond acceptors (Lipinski definition) is 5. The maximum Gasteiger partial charge on any atom is 0.276 e. The van der Waals surface area contributed by atoms with E-state index in [9.17, 15) is 0 Å². The van der Waals surface area contributed by atoms with E-state index in [2.05, 4.69) is 35.9 Å². The lowest BCUT2D eigenvalue weighted by Crippen LogP contribution is -2.30. The summed E-state index contributed by atoms with van der Waals surface area (Å²) in [5.41, 5.74) is 1.72. The summed E-state index contributed by atoms with van der Waals surface area (Å²) < 4.78 is 11.3. The van der Waals surface area contributed by atoms with Gasteiger partial charge < -0.3 is 9.26 Å². The number of pyridine rings is 1. The van der Waals surface area contributed by atoms with Crippen molar-refractivity contribution >= 4 is 0 Å². The van der Waals surface area contributed by atoms with Crippen molar-refractivity contribution in [3.8, 4) is 11.6 Å². The molecule has 2 atom stereocenters. The van der Waals surface area contributed by atoms with Gasteiger partial charge in [0.25, 0.3) is 5.89 Å². The largest absolute Gasteiger partial charge is 0.377 e. The van der Waals surface area contributed by atoms with E-state index in [1.165, 1.54) is 0 Å². The first-order chi connectivity index (χ1) is 9.95. The van der Waals surface area contributed by atoms with Crippen LogP contribution in [0.3, 0.4) is 0 Å². The Morgan fingerprint density at radius 3 is 2.71 bits per heavy atom. The summed E-state index contributed by atoms with van der Waals surface area (Å²) in [5, 5.41) is 4.16. The van der Waals surface area contributed by atoms with Crippen molar-refractivity contribution in [2.75, 3.05) is 6.61 Å². The van der Waals surface area contributed by atoms with Gasteiger partial charge in [0.2, 0.25) is 0 Å². The fraction of sp³-hybridized carbons (Fsp3) is 0.562. The average molecular weight is 287 g/mol. The Hall–Kier alpha value is -1.75.